The molecule has 5 nitrogen and oxygen atoms in total. The second-order valence-corrected chi connectivity index (χ2v) is 7.14. The average Bonchev–Trinajstić information content (AvgIpc) is 2.37. The Morgan fingerprint density at radius 1 is 1.25 bits per heavy atom. The summed E-state index contributed by atoms with van der Waals surface area (Å²) >= 11 is 0. The molecule has 0 saturated carbocycles. The molecule has 2 atom stereocenters. The first kappa shape index (κ1) is 15.3. The first-order valence-corrected chi connectivity index (χ1v) is 8.09. The lowest BCUT2D eigenvalue weighted by Crippen LogP contribution is -2.48. The van der Waals surface area contributed by atoms with Crippen molar-refractivity contribution in [1.82, 2.24) is 4.31 Å². The van der Waals surface area contributed by atoms with Gasteiger partial charge in [-0.1, -0.05) is 6.07 Å². The number of benzene rings is 1. The van der Waals surface area contributed by atoms with Crippen LogP contribution < -0.4 is 4.74 Å². The molecule has 0 aromatic heterocycles. The van der Waals surface area contributed by atoms with Gasteiger partial charge in [-0.05, 0) is 38.5 Å². The average molecular weight is 299 g/mol. The van der Waals surface area contributed by atoms with E-state index in [1.54, 1.807) is 12.1 Å². The van der Waals surface area contributed by atoms with Crippen molar-refractivity contribution in [3.63, 3.8) is 0 Å². The first-order chi connectivity index (χ1) is 9.34. The minimum atomic E-state index is -3.56. The molecule has 1 heterocycles. The molecule has 0 bridgehead atoms. The summed E-state index contributed by atoms with van der Waals surface area (Å²) in [6.07, 6.45) is -0.214. The van der Waals surface area contributed by atoms with E-state index in [1.807, 2.05) is 26.8 Å². The minimum absolute atomic E-state index is 0.107. The van der Waals surface area contributed by atoms with Gasteiger partial charge in [0, 0.05) is 13.1 Å². The molecule has 1 aliphatic rings. The van der Waals surface area contributed by atoms with Crippen molar-refractivity contribution in [2.45, 2.75) is 37.9 Å². The number of ether oxygens (including phenoxy) is 2. The zero-order valence-electron chi connectivity index (χ0n) is 12.3. The van der Waals surface area contributed by atoms with Crippen LogP contribution in [-0.2, 0) is 14.8 Å². The zero-order valence-corrected chi connectivity index (χ0v) is 13.1. The van der Waals surface area contributed by atoms with Gasteiger partial charge in [-0.25, -0.2) is 8.42 Å². The lowest BCUT2D eigenvalue weighted by atomic mass is 10.2. The lowest BCUT2D eigenvalue weighted by molar-refractivity contribution is -0.0441. The van der Waals surface area contributed by atoms with Gasteiger partial charge in [0.25, 0.3) is 0 Å². The van der Waals surface area contributed by atoms with Crippen molar-refractivity contribution < 1.29 is 17.9 Å². The van der Waals surface area contributed by atoms with Crippen LogP contribution in [0.2, 0.25) is 0 Å². The zero-order chi connectivity index (χ0) is 14.9. The Hall–Kier alpha value is -1.11. The highest BCUT2D eigenvalue weighted by Gasteiger charge is 2.33. The highest BCUT2D eigenvalue weighted by molar-refractivity contribution is 7.89. The molecule has 0 amide bonds. The van der Waals surface area contributed by atoms with E-state index in [2.05, 4.69) is 0 Å². The molecule has 1 aliphatic heterocycles. The van der Waals surface area contributed by atoms with Gasteiger partial charge in [0.1, 0.15) is 10.6 Å². The van der Waals surface area contributed by atoms with Crippen LogP contribution >= 0.6 is 0 Å². The minimum Gasteiger partial charge on any atom is -0.495 e. The second-order valence-electron chi connectivity index (χ2n) is 5.23. The second kappa shape index (κ2) is 5.71. The topological polar surface area (TPSA) is 55.8 Å². The van der Waals surface area contributed by atoms with Crippen LogP contribution in [0.3, 0.4) is 0 Å². The fourth-order valence-corrected chi connectivity index (χ4v) is 4.28. The Morgan fingerprint density at radius 3 is 2.40 bits per heavy atom. The molecule has 1 aromatic rings. The van der Waals surface area contributed by atoms with Gasteiger partial charge in [-0.3, -0.25) is 0 Å². The number of rotatable bonds is 3. The van der Waals surface area contributed by atoms with Crippen LogP contribution in [-0.4, -0.2) is 45.1 Å². The van der Waals surface area contributed by atoms with Crippen LogP contribution in [0.15, 0.2) is 23.1 Å². The van der Waals surface area contributed by atoms with Gasteiger partial charge in [0.15, 0.2) is 0 Å². The lowest BCUT2D eigenvalue weighted by Gasteiger charge is -2.34. The number of methoxy groups -OCH3 is 1. The van der Waals surface area contributed by atoms with Crippen molar-refractivity contribution in [2.24, 2.45) is 0 Å². The molecular weight excluding hydrogens is 278 g/mol. The Bertz CT molecular complexity index is 575. The van der Waals surface area contributed by atoms with E-state index in [0.29, 0.717) is 18.8 Å². The third-order valence-electron chi connectivity index (χ3n) is 3.32. The van der Waals surface area contributed by atoms with Crippen molar-refractivity contribution in [3.05, 3.63) is 23.8 Å². The summed E-state index contributed by atoms with van der Waals surface area (Å²) in [5, 5.41) is 0. The summed E-state index contributed by atoms with van der Waals surface area (Å²) in [6, 6.07) is 5.18. The molecule has 0 spiro atoms. The summed E-state index contributed by atoms with van der Waals surface area (Å²) in [5.41, 5.74) is 0.888. The van der Waals surface area contributed by atoms with Crippen molar-refractivity contribution in [3.8, 4) is 5.75 Å². The molecule has 20 heavy (non-hydrogen) atoms. The normalized spacial score (nSPS) is 24.6. The molecule has 1 fully saturated rings. The summed E-state index contributed by atoms with van der Waals surface area (Å²) in [4.78, 5) is 0.223. The maximum absolute atomic E-state index is 12.8. The fourth-order valence-electron chi connectivity index (χ4n) is 2.45. The quantitative estimate of drug-likeness (QED) is 0.854. The maximum Gasteiger partial charge on any atom is 0.246 e. The number of morpholine rings is 1. The Balaban J connectivity index is 2.42. The molecule has 0 unspecified atom stereocenters. The summed E-state index contributed by atoms with van der Waals surface area (Å²) in [6.45, 7) is 6.36. The first-order valence-electron chi connectivity index (χ1n) is 6.65. The third-order valence-corrected chi connectivity index (χ3v) is 5.18. The molecule has 1 saturated heterocycles. The van der Waals surface area contributed by atoms with E-state index >= 15 is 0 Å². The molecular formula is C14H21NO4S. The number of hydrogen-bond donors (Lipinski definition) is 0. The van der Waals surface area contributed by atoms with E-state index < -0.39 is 10.0 Å². The van der Waals surface area contributed by atoms with Gasteiger partial charge in [-0.15, -0.1) is 0 Å². The number of hydrogen-bond acceptors (Lipinski definition) is 4. The molecule has 0 N–H and O–H groups in total. The van der Waals surface area contributed by atoms with Crippen LogP contribution in [0.25, 0.3) is 0 Å². The monoisotopic (exact) mass is 299 g/mol. The smallest absolute Gasteiger partial charge is 0.246 e. The van der Waals surface area contributed by atoms with Gasteiger partial charge < -0.3 is 9.47 Å². The largest absolute Gasteiger partial charge is 0.495 e. The van der Waals surface area contributed by atoms with Crippen LogP contribution in [0.5, 0.6) is 5.75 Å². The maximum atomic E-state index is 12.8. The van der Waals surface area contributed by atoms with Gasteiger partial charge in [0.05, 0.1) is 19.3 Å². The van der Waals surface area contributed by atoms with E-state index in [9.17, 15) is 8.42 Å². The van der Waals surface area contributed by atoms with E-state index in [-0.39, 0.29) is 17.1 Å². The molecule has 2 rings (SSSR count). The van der Waals surface area contributed by atoms with Gasteiger partial charge in [0.2, 0.25) is 10.0 Å². The third kappa shape index (κ3) is 2.97. The van der Waals surface area contributed by atoms with Crippen LogP contribution in [0.4, 0.5) is 0 Å². The Labute approximate surface area is 120 Å². The summed E-state index contributed by atoms with van der Waals surface area (Å²) < 4.78 is 37.9. The molecule has 0 radical (unpaired) electrons. The van der Waals surface area contributed by atoms with Crippen molar-refractivity contribution >= 4 is 10.0 Å². The van der Waals surface area contributed by atoms with E-state index in [4.69, 9.17) is 9.47 Å². The van der Waals surface area contributed by atoms with E-state index in [0.717, 1.165) is 5.56 Å². The number of nitrogens with zero attached hydrogens (tertiary/aromatic N) is 1. The Morgan fingerprint density at radius 2 is 1.85 bits per heavy atom. The van der Waals surface area contributed by atoms with Gasteiger partial charge >= 0.3 is 0 Å². The molecule has 1 aromatic carbocycles. The molecule has 6 heteroatoms. The fraction of sp³-hybridized carbons (Fsp3) is 0.571. The highest BCUT2D eigenvalue weighted by atomic mass is 32.2. The Kier molecular flexibility index (Phi) is 4.36. The van der Waals surface area contributed by atoms with E-state index in [1.165, 1.54) is 11.4 Å². The van der Waals surface area contributed by atoms with Gasteiger partial charge in [-0.2, -0.15) is 4.31 Å². The van der Waals surface area contributed by atoms with Crippen LogP contribution in [0, 0.1) is 6.92 Å². The molecule has 0 aliphatic carbocycles. The van der Waals surface area contributed by atoms with Crippen molar-refractivity contribution in [2.75, 3.05) is 20.2 Å². The van der Waals surface area contributed by atoms with Crippen LogP contribution in [0.1, 0.15) is 19.4 Å². The van der Waals surface area contributed by atoms with Crippen molar-refractivity contribution in [1.29, 1.82) is 0 Å². The summed E-state index contributed by atoms with van der Waals surface area (Å²) in [7, 11) is -2.08. The predicted octanol–water partition coefficient (Wildman–Crippen LogP) is 1.80. The predicted molar refractivity (Wildman–Crippen MR) is 76.5 cm³/mol. The number of sulfonamides is 1. The number of aryl methyl sites for hydroxylation is 1. The molecule has 112 valence electrons. The summed E-state index contributed by atoms with van der Waals surface area (Å²) in [5.74, 6) is 0.377. The SMILES string of the molecule is COc1ccc(C)cc1S(=O)(=O)N1C[C@@H](C)O[C@H](C)C1. The highest BCUT2D eigenvalue weighted by Crippen LogP contribution is 2.29. The standard InChI is InChI=1S/C14H21NO4S/c1-10-5-6-13(18-4)14(7-10)20(16,17)15-8-11(2)19-12(3)9-15/h5-7,11-12H,8-9H2,1-4H3/t11-,12-/m1/s1.